The molecular formula is C20H14OS. The van der Waals surface area contributed by atoms with Gasteiger partial charge in [0.15, 0.2) is 0 Å². The first-order valence-corrected chi connectivity index (χ1v) is 8.37. The molecule has 4 rings (SSSR count). The van der Waals surface area contributed by atoms with Gasteiger partial charge in [0, 0.05) is 11.1 Å². The molecule has 0 aromatic heterocycles. The van der Waals surface area contributed by atoms with Crippen LogP contribution in [0.25, 0.3) is 10.5 Å². The van der Waals surface area contributed by atoms with Crippen molar-refractivity contribution in [1.29, 1.82) is 0 Å². The van der Waals surface area contributed by atoms with E-state index in [1.165, 1.54) is 0 Å². The minimum atomic E-state index is -1.14. The van der Waals surface area contributed by atoms with Crippen LogP contribution in [0, 0.1) is 0 Å². The number of hydrogen-bond donors (Lipinski definition) is 0. The third-order valence-corrected chi connectivity index (χ3v) is 5.43. The maximum atomic E-state index is 13.0. The molecule has 1 nitrogen and oxygen atoms in total. The van der Waals surface area contributed by atoms with Crippen molar-refractivity contribution in [1.82, 2.24) is 0 Å². The molecule has 0 saturated heterocycles. The lowest BCUT2D eigenvalue weighted by Crippen LogP contribution is -1.91. The quantitative estimate of drug-likeness (QED) is 0.669. The summed E-state index contributed by atoms with van der Waals surface area (Å²) in [6, 6.07) is 28.2. The molecule has 1 atom stereocenters. The molecule has 0 aliphatic carbocycles. The SMILES string of the molecule is O=S1C(c2ccccc2)=C(c2ccccc2)c2ccccc21. The minimum Gasteiger partial charge on any atom is -0.249 e. The van der Waals surface area contributed by atoms with Crippen LogP contribution in [-0.2, 0) is 10.8 Å². The van der Waals surface area contributed by atoms with Gasteiger partial charge in [-0.05, 0) is 17.2 Å². The zero-order valence-corrected chi connectivity index (χ0v) is 12.7. The molecule has 3 aromatic carbocycles. The first kappa shape index (κ1) is 13.2. The van der Waals surface area contributed by atoms with Gasteiger partial charge in [0.2, 0.25) is 0 Å². The molecule has 1 heterocycles. The van der Waals surface area contributed by atoms with E-state index in [0.717, 1.165) is 32.1 Å². The van der Waals surface area contributed by atoms with E-state index in [2.05, 4.69) is 18.2 Å². The molecule has 0 radical (unpaired) electrons. The van der Waals surface area contributed by atoms with Crippen LogP contribution in [0.5, 0.6) is 0 Å². The largest absolute Gasteiger partial charge is 0.249 e. The van der Waals surface area contributed by atoms with E-state index in [1.807, 2.05) is 66.7 Å². The molecule has 3 aromatic rings. The number of hydrogen-bond acceptors (Lipinski definition) is 1. The van der Waals surface area contributed by atoms with Gasteiger partial charge in [0.25, 0.3) is 0 Å². The maximum Gasteiger partial charge on any atom is 0.0868 e. The highest BCUT2D eigenvalue weighted by Crippen LogP contribution is 2.44. The average Bonchev–Trinajstić information content (AvgIpc) is 2.90. The zero-order chi connectivity index (χ0) is 14.9. The third-order valence-electron chi connectivity index (χ3n) is 3.87. The van der Waals surface area contributed by atoms with E-state index in [4.69, 9.17) is 0 Å². The maximum absolute atomic E-state index is 13.0. The smallest absolute Gasteiger partial charge is 0.0868 e. The van der Waals surface area contributed by atoms with Crippen molar-refractivity contribution in [2.75, 3.05) is 0 Å². The second-order valence-electron chi connectivity index (χ2n) is 5.20. The second-order valence-corrected chi connectivity index (χ2v) is 6.59. The Morgan fingerprint density at radius 1 is 0.591 bits per heavy atom. The second kappa shape index (κ2) is 5.39. The highest BCUT2D eigenvalue weighted by molar-refractivity contribution is 7.95. The van der Waals surface area contributed by atoms with E-state index in [-0.39, 0.29) is 0 Å². The molecule has 1 aliphatic rings. The molecule has 0 amide bonds. The van der Waals surface area contributed by atoms with Crippen LogP contribution >= 0.6 is 0 Å². The van der Waals surface area contributed by atoms with Crippen molar-refractivity contribution in [2.24, 2.45) is 0 Å². The number of rotatable bonds is 2. The van der Waals surface area contributed by atoms with Crippen LogP contribution in [0.3, 0.4) is 0 Å². The van der Waals surface area contributed by atoms with Crippen molar-refractivity contribution in [2.45, 2.75) is 4.90 Å². The zero-order valence-electron chi connectivity index (χ0n) is 11.9. The molecule has 0 bridgehead atoms. The summed E-state index contributed by atoms with van der Waals surface area (Å²) in [7, 11) is -1.14. The van der Waals surface area contributed by atoms with E-state index in [9.17, 15) is 4.21 Å². The van der Waals surface area contributed by atoms with Crippen LogP contribution in [-0.4, -0.2) is 4.21 Å². The van der Waals surface area contributed by atoms with Crippen molar-refractivity contribution in [3.8, 4) is 0 Å². The molecule has 2 heteroatoms. The van der Waals surface area contributed by atoms with Crippen LogP contribution in [0.4, 0.5) is 0 Å². The van der Waals surface area contributed by atoms with Gasteiger partial charge in [-0.1, -0.05) is 78.9 Å². The highest BCUT2D eigenvalue weighted by atomic mass is 32.2. The van der Waals surface area contributed by atoms with E-state index < -0.39 is 10.8 Å². The topological polar surface area (TPSA) is 17.1 Å². The Bertz CT molecular complexity index is 880. The number of benzene rings is 3. The Labute approximate surface area is 132 Å². The highest BCUT2D eigenvalue weighted by Gasteiger charge is 2.29. The van der Waals surface area contributed by atoms with Crippen molar-refractivity contribution >= 4 is 21.3 Å². The Hall–Kier alpha value is -2.45. The van der Waals surface area contributed by atoms with E-state index >= 15 is 0 Å². The van der Waals surface area contributed by atoms with Crippen molar-refractivity contribution in [3.63, 3.8) is 0 Å². The fraction of sp³-hybridized carbons (Fsp3) is 0. The minimum absolute atomic E-state index is 0.903. The number of fused-ring (bicyclic) bond motifs is 1. The fourth-order valence-electron chi connectivity index (χ4n) is 2.89. The van der Waals surface area contributed by atoms with Gasteiger partial charge >= 0.3 is 0 Å². The summed E-state index contributed by atoms with van der Waals surface area (Å²) in [6.45, 7) is 0. The molecule has 0 saturated carbocycles. The lowest BCUT2D eigenvalue weighted by Gasteiger charge is -2.08. The van der Waals surface area contributed by atoms with Gasteiger partial charge in [-0.3, -0.25) is 0 Å². The summed E-state index contributed by atoms with van der Waals surface area (Å²) in [5, 5.41) is 0. The fourth-order valence-corrected chi connectivity index (χ4v) is 4.45. The van der Waals surface area contributed by atoms with Crippen molar-refractivity contribution in [3.05, 3.63) is 102 Å². The third kappa shape index (κ3) is 2.04. The normalized spacial score (nSPS) is 16.6. The molecule has 0 N–H and O–H groups in total. The van der Waals surface area contributed by atoms with Gasteiger partial charge in [-0.25, -0.2) is 4.21 Å². The summed E-state index contributed by atoms with van der Waals surface area (Å²) in [5.74, 6) is 0. The molecule has 22 heavy (non-hydrogen) atoms. The predicted octanol–water partition coefficient (Wildman–Crippen LogP) is 4.72. The predicted molar refractivity (Wildman–Crippen MR) is 91.7 cm³/mol. The van der Waals surface area contributed by atoms with Gasteiger partial charge < -0.3 is 0 Å². The molecule has 1 unspecified atom stereocenters. The van der Waals surface area contributed by atoms with Crippen LogP contribution in [0.15, 0.2) is 89.8 Å². The van der Waals surface area contributed by atoms with Crippen LogP contribution in [0.1, 0.15) is 16.7 Å². The Balaban J connectivity index is 2.05. The van der Waals surface area contributed by atoms with E-state index in [1.54, 1.807) is 0 Å². The van der Waals surface area contributed by atoms with Gasteiger partial charge in [-0.2, -0.15) is 0 Å². The molecule has 0 fully saturated rings. The monoisotopic (exact) mass is 302 g/mol. The molecule has 106 valence electrons. The first-order valence-electron chi connectivity index (χ1n) is 7.22. The molecular weight excluding hydrogens is 288 g/mol. The average molecular weight is 302 g/mol. The molecule has 0 spiro atoms. The van der Waals surface area contributed by atoms with Crippen LogP contribution in [0.2, 0.25) is 0 Å². The van der Waals surface area contributed by atoms with Gasteiger partial charge in [0.1, 0.15) is 0 Å². The summed E-state index contributed by atoms with van der Waals surface area (Å²) >= 11 is 0. The van der Waals surface area contributed by atoms with Crippen molar-refractivity contribution < 1.29 is 4.21 Å². The summed E-state index contributed by atoms with van der Waals surface area (Å²) in [4.78, 5) is 1.81. The first-order chi connectivity index (χ1) is 10.9. The Morgan fingerprint density at radius 3 is 1.82 bits per heavy atom. The van der Waals surface area contributed by atoms with Gasteiger partial charge in [-0.15, -0.1) is 0 Å². The van der Waals surface area contributed by atoms with Gasteiger partial charge in [0.05, 0.1) is 20.6 Å². The van der Waals surface area contributed by atoms with E-state index in [0.29, 0.717) is 0 Å². The summed E-state index contributed by atoms with van der Waals surface area (Å²) in [5.41, 5.74) is 4.29. The molecule has 1 aliphatic heterocycles. The van der Waals surface area contributed by atoms with Crippen LogP contribution < -0.4 is 0 Å². The lowest BCUT2D eigenvalue weighted by molar-refractivity contribution is 0.689. The lowest BCUT2D eigenvalue weighted by atomic mass is 9.96. The summed E-state index contributed by atoms with van der Waals surface area (Å²) in [6.07, 6.45) is 0. The Morgan fingerprint density at radius 2 is 1.14 bits per heavy atom. The Kier molecular flexibility index (Phi) is 3.24. The summed E-state index contributed by atoms with van der Waals surface area (Å²) < 4.78 is 13.0. The standard InChI is InChI=1S/C20H14OS/c21-22-18-14-8-7-13-17(18)19(15-9-3-1-4-10-15)20(22)16-11-5-2-6-12-16/h1-14H.